The van der Waals surface area contributed by atoms with E-state index in [1.807, 2.05) is 0 Å². The Kier molecular flexibility index (Phi) is 4.08. The molecule has 0 amide bonds. The summed E-state index contributed by atoms with van der Waals surface area (Å²) in [5.41, 5.74) is 4.45. The minimum Gasteiger partial charge on any atom is -0.312 e. The van der Waals surface area contributed by atoms with Crippen molar-refractivity contribution >= 4 is 0 Å². The van der Waals surface area contributed by atoms with Crippen molar-refractivity contribution < 1.29 is 0 Å². The van der Waals surface area contributed by atoms with Crippen LogP contribution in [0.1, 0.15) is 43.4 Å². The van der Waals surface area contributed by atoms with Crippen LogP contribution in [-0.2, 0) is 6.54 Å². The van der Waals surface area contributed by atoms with Crippen molar-refractivity contribution in [2.24, 2.45) is 0 Å². The topological polar surface area (TPSA) is 24.1 Å². The molecule has 1 atom stereocenters. The highest BCUT2D eigenvalue weighted by atomic mass is 15.0. The number of aryl methyl sites for hydroxylation is 2. The van der Waals surface area contributed by atoms with Crippen molar-refractivity contribution in [2.45, 2.75) is 58.7 Å². The monoisotopic (exact) mass is 246 g/mol. The Balaban J connectivity index is 1.91. The van der Waals surface area contributed by atoms with Crippen LogP contribution in [0, 0.1) is 13.8 Å². The molecular formula is C16H26N2. The third-order valence-electron chi connectivity index (χ3n) is 3.93. The van der Waals surface area contributed by atoms with E-state index in [2.05, 4.69) is 56.5 Å². The first-order valence-electron chi connectivity index (χ1n) is 7.01. The second kappa shape index (κ2) is 5.41. The Morgan fingerprint density at radius 2 is 2.11 bits per heavy atom. The molecule has 1 saturated heterocycles. The van der Waals surface area contributed by atoms with E-state index in [1.54, 1.807) is 0 Å². The van der Waals surface area contributed by atoms with Crippen LogP contribution < -0.4 is 10.6 Å². The molecule has 2 nitrogen and oxygen atoms in total. The average Bonchev–Trinajstić information content (AvgIpc) is 2.26. The van der Waals surface area contributed by atoms with Gasteiger partial charge in [-0.3, -0.25) is 0 Å². The van der Waals surface area contributed by atoms with Gasteiger partial charge in [0.15, 0.2) is 0 Å². The van der Waals surface area contributed by atoms with Crippen LogP contribution in [0.15, 0.2) is 18.2 Å². The van der Waals surface area contributed by atoms with Crippen LogP contribution in [0.3, 0.4) is 0 Å². The second-order valence-corrected chi connectivity index (χ2v) is 6.31. The van der Waals surface area contributed by atoms with Crippen molar-refractivity contribution in [3.63, 3.8) is 0 Å². The van der Waals surface area contributed by atoms with Crippen molar-refractivity contribution in [3.05, 3.63) is 34.9 Å². The molecule has 0 spiro atoms. The fourth-order valence-corrected chi connectivity index (χ4v) is 2.85. The summed E-state index contributed by atoms with van der Waals surface area (Å²) in [4.78, 5) is 0. The number of rotatable bonds is 3. The molecule has 1 aromatic rings. The van der Waals surface area contributed by atoms with E-state index in [4.69, 9.17) is 0 Å². The zero-order valence-electron chi connectivity index (χ0n) is 12.1. The largest absolute Gasteiger partial charge is 0.312 e. The van der Waals surface area contributed by atoms with Gasteiger partial charge in [0.2, 0.25) is 0 Å². The predicted octanol–water partition coefficient (Wildman–Crippen LogP) is 2.92. The van der Waals surface area contributed by atoms with Gasteiger partial charge in [-0.2, -0.15) is 0 Å². The van der Waals surface area contributed by atoms with Crippen LogP contribution >= 0.6 is 0 Å². The quantitative estimate of drug-likeness (QED) is 0.857. The second-order valence-electron chi connectivity index (χ2n) is 6.31. The Bertz CT molecular complexity index is 410. The van der Waals surface area contributed by atoms with E-state index >= 15 is 0 Å². The highest BCUT2D eigenvalue weighted by Crippen LogP contribution is 2.19. The first kappa shape index (κ1) is 13.6. The first-order chi connectivity index (χ1) is 8.46. The van der Waals surface area contributed by atoms with Crippen molar-refractivity contribution in [1.82, 2.24) is 10.6 Å². The maximum absolute atomic E-state index is 3.71. The molecule has 1 aliphatic rings. The zero-order valence-corrected chi connectivity index (χ0v) is 12.1. The van der Waals surface area contributed by atoms with Crippen LogP contribution in [0.2, 0.25) is 0 Å². The van der Waals surface area contributed by atoms with E-state index in [9.17, 15) is 0 Å². The van der Waals surface area contributed by atoms with Gasteiger partial charge in [0.05, 0.1) is 0 Å². The molecule has 0 aromatic heterocycles. The lowest BCUT2D eigenvalue weighted by molar-refractivity contribution is 0.247. The minimum absolute atomic E-state index is 0.276. The summed E-state index contributed by atoms with van der Waals surface area (Å²) in [7, 11) is 0. The maximum atomic E-state index is 3.71. The van der Waals surface area contributed by atoms with Gasteiger partial charge in [-0.05, 0) is 58.2 Å². The molecule has 0 bridgehead atoms. The van der Waals surface area contributed by atoms with Gasteiger partial charge in [-0.15, -0.1) is 0 Å². The maximum Gasteiger partial charge on any atom is 0.0210 e. The minimum atomic E-state index is 0.276. The molecule has 1 unspecified atom stereocenters. The SMILES string of the molecule is Cc1ccc(CNC2CCNC(C)(C)C2)c(C)c1. The number of benzene rings is 1. The molecular weight excluding hydrogens is 220 g/mol. The van der Waals surface area contributed by atoms with Crippen molar-refractivity contribution in [3.8, 4) is 0 Å². The fraction of sp³-hybridized carbons (Fsp3) is 0.625. The molecule has 2 N–H and O–H groups in total. The molecule has 0 saturated carbocycles. The van der Waals surface area contributed by atoms with E-state index in [0.717, 1.165) is 13.1 Å². The van der Waals surface area contributed by atoms with E-state index in [-0.39, 0.29) is 5.54 Å². The van der Waals surface area contributed by atoms with E-state index in [0.29, 0.717) is 6.04 Å². The van der Waals surface area contributed by atoms with Gasteiger partial charge in [0.25, 0.3) is 0 Å². The van der Waals surface area contributed by atoms with Gasteiger partial charge in [-0.1, -0.05) is 23.8 Å². The molecule has 1 aromatic carbocycles. The lowest BCUT2D eigenvalue weighted by Gasteiger charge is -2.37. The lowest BCUT2D eigenvalue weighted by atomic mass is 9.89. The van der Waals surface area contributed by atoms with Crippen molar-refractivity contribution in [1.29, 1.82) is 0 Å². The predicted molar refractivity (Wildman–Crippen MR) is 77.9 cm³/mol. The normalized spacial score (nSPS) is 23.0. The van der Waals surface area contributed by atoms with Gasteiger partial charge < -0.3 is 10.6 Å². The molecule has 1 aliphatic heterocycles. The van der Waals surface area contributed by atoms with Crippen LogP contribution in [-0.4, -0.2) is 18.1 Å². The van der Waals surface area contributed by atoms with Crippen LogP contribution in [0.25, 0.3) is 0 Å². The first-order valence-corrected chi connectivity index (χ1v) is 7.01. The highest BCUT2D eigenvalue weighted by molar-refractivity contribution is 5.30. The molecule has 18 heavy (non-hydrogen) atoms. The highest BCUT2D eigenvalue weighted by Gasteiger charge is 2.26. The van der Waals surface area contributed by atoms with Gasteiger partial charge in [0, 0.05) is 18.1 Å². The smallest absolute Gasteiger partial charge is 0.0210 e. The summed E-state index contributed by atoms with van der Waals surface area (Å²) in [6.07, 6.45) is 2.44. The summed E-state index contributed by atoms with van der Waals surface area (Å²) in [6.45, 7) is 11.1. The summed E-state index contributed by atoms with van der Waals surface area (Å²) < 4.78 is 0. The lowest BCUT2D eigenvalue weighted by Crippen LogP contribution is -2.51. The van der Waals surface area contributed by atoms with E-state index in [1.165, 1.54) is 29.5 Å². The van der Waals surface area contributed by atoms with Gasteiger partial charge in [0.1, 0.15) is 0 Å². The Morgan fingerprint density at radius 3 is 2.78 bits per heavy atom. The number of hydrogen-bond donors (Lipinski definition) is 2. The van der Waals surface area contributed by atoms with E-state index < -0.39 is 0 Å². The fourth-order valence-electron chi connectivity index (χ4n) is 2.85. The zero-order chi connectivity index (χ0) is 13.2. The summed E-state index contributed by atoms with van der Waals surface area (Å²) in [6, 6.07) is 7.37. The molecule has 0 radical (unpaired) electrons. The summed E-state index contributed by atoms with van der Waals surface area (Å²) in [5, 5.41) is 7.28. The molecule has 1 heterocycles. The summed E-state index contributed by atoms with van der Waals surface area (Å²) >= 11 is 0. The number of piperidine rings is 1. The van der Waals surface area contributed by atoms with Crippen LogP contribution in [0.5, 0.6) is 0 Å². The Hall–Kier alpha value is -0.860. The average molecular weight is 246 g/mol. The van der Waals surface area contributed by atoms with Gasteiger partial charge >= 0.3 is 0 Å². The molecule has 2 rings (SSSR count). The molecule has 100 valence electrons. The Labute approximate surface area is 111 Å². The molecule has 1 fully saturated rings. The van der Waals surface area contributed by atoms with Crippen LogP contribution in [0.4, 0.5) is 0 Å². The van der Waals surface area contributed by atoms with Crippen molar-refractivity contribution in [2.75, 3.05) is 6.54 Å². The van der Waals surface area contributed by atoms with Gasteiger partial charge in [-0.25, -0.2) is 0 Å². The Morgan fingerprint density at radius 1 is 1.33 bits per heavy atom. The molecule has 0 aliphatic carbocycles. The summed E-state index contributed by atoms with van der Waals surface area (Å²) in [5.74, 6) is 0. The standard InChI is InChI=1S/C16H26N2/c1-12-5-6-14(13(2)9-12)11-17-15-7-8-18-16(3,4)10-15/h5-6,9,15,17-18H,7-8,10-11H2,1-4H3. The molecule has 2 heteroatoms. The third kappa shape index (κ3) is 3.56. The number of nitrogens with one attached hydrogen (secondary N) is 2. The third-order valence-corrected chi connectivity index (χ3v) is 3.93. The number of hydrogen-bond acceptors (Lipinski definition) is 2.